The molecule has 124 valence electrons. The second-order valence-corrected chi connectivity index (χ2v) is 5.97. The van der Waals surface area contributed by atoms with Gasteiger partial charge in [0.2, 0.25) is 0 Å². The number of likely N-dealkylation sites (tertiary alicyclic amines) is 1. The van der Waals surface area contributed by atoms with Crippen LogP contribution in [0.1, 0.15) is 12.0 Å². The zero-order valence-corrected chi connectivity index (χ0v) is 13.3. The first-order valence-corrected chi connectivity index (χ1v) is 7.95. The van der Waals surface area contributed by atoms with Crippen LogP contribution in [0.5, 0.6) is 0 Å². The SMILES string of the molecule is COC(=O)O[C@H]1CN(CCc2c[nH]c3ccccc23)CC[C@@H]1N. The van der Waals surface area contributed by atoms with E-state index in [4.69, 9.17) is 10.5 Å². The number of fused-ring (bicyclic) bond motifs is 1. The van der Waals surface area contributed by atoms with Crippen molar-refractivity contribution in [1.29, 1.82) is 0 Å². The Morgan fingerprint density at radius 1 is 1.43 bits per heavy atom. The van der Waals surface area contributed by atoms with Gasteiger partial charge in [0.05, 0.1) is 7.11 Å². The van der Waals surface area contributed by atoms with Crippen molar-refractivity contribution in [3.8, 4) is 0 Å². The van der Waals surface area contributed by atoms with Crippen molar-refractivity contribution < 1.29 is 14.3 Å². The molecule has 1 fully saturated rings. The van der Waals surface area contributed by atoms with Gasteiger partial charge >= 0.3 is 6.16 Å². The minimum absolute atomic E-state index is 0.126. The van der Waals surface area contributed by atoms with E-state index in [0.717, 1.165) is 31.4 Å². The van der Waals surface area contributed by atoms with E-state index >= 15 is 0 Å². The Morgan fingerprint density at radius 2 is 2.26 bits per heavy atom. The molecule has 1 aliphatic heterocycles. The van der Waals surface area contributed by atoms with Crippen LogP contribution in [0.4, 0.5) is 4.79 Å². The maximum absolute atomic E-state index is 11.3. The molecule has 0 radical (unpaired) electrons. The number of hydrogen-bond acceptors (Lipinski definition) is 5. The molecule has 0 bridgehead atoms. The van der Waals surface area contributed by atoms with Crippen molar-refractivity contribution in [2.45, 2.75) is 25.0 Å². The number of carbonyl (C=O) groups is 1. The lowest BCUT2D eigenvalue weighted by atomic mass is 10.0. The number of piperidine rings is 1. The number of nitrogens with zero attached hydrogens (tertiary/aromatic N) is 1. The van der Waals surface area contributed by atoms with Crippen molar-refractivity contribution in [2.75, 3.05) is 26.7 Å². The van der Waals surface area contributed by atoms with Crippen molar-refractivity contribution in [2.24, 2.45) is 5.73 Å². The summed E-state index contributed by atoms with van der Waals surface area (Å²) in [5.41, 5.74) is 8.51. The predicted molar refractivity (Wildman–Crippen MR) is 88.3 cm³/mol. The van der Waals surface area contributed by atoms with Gasteiger partial charge in [-0.25, -0.2) is 4.79 Å². The molecule has 2 atom stereocenters. The summed E-state index contributed by atoms with van der Waals surface area (Å²) in [6.07, 6.45) is 2.87. The standard InChI is InChI=1S/C17H23N3O3/c1-22-17(21)23-16-11-20(9-7-14(16)18)8-6-12-10-19-15-5-3-2-4-13(12)15/h2-5,10,14,16,19H,6-9,11,18H2,1H3/t14-,16-/m0/s1. The molecular weight excluding hydrogens is 294 g/mol. The van der Waals surface area contributed by atoms with Crippen LogP contribution in [0.25, 0.3) is 10.9 Å². The maximum atomic E-state index is 11.3. The van der Waals surface area contributed by atoms with Gasteiger partial charge in [0, 0.05) is 36.2 Å². The largest absolute Gasteiger partial charge is 0.508 e. The van der Waals surface area contributed by atoms with Gasteiger partial charge in [-0.15, -0.1) is 0 Å². The highest BCUT2D eigenvalue weighted by atomic mass is 16.7. The highest BCUT2D eigenvalue weighted by molar-refractivity contribution is 5.83. The first-order chi connectivity index (χ1) is 11.2. The van der Waals surface area contributed by atoms with E-state index in [1.165, 1.54) is 18.1 Å². The zero-order valence-electron chi connectivity index (χ0n) is 13.3. The smallest absolute Gasteiger partial charge is 0.438 e. The summed E-state index contributed by atoms with van der Waals surface area (Å²) in [5, 5.41) is 1.27. The molecule has 6 heteroatoms. The first kappa shape index (κ1) is 15.8. The Morgan fingerprint density at radius 3 is 3.09 bits per heavy atom. The molecule has 0 amide bonds. The van der Waals surface area contributed by atoms with Crippen molar-refractivity contribution in [3.63, 3.8) is 0 Å². The van der Waals surface area contributed by atoms with Crippen molar-refractivity contribution in [3.05, 3.63) is 36.0 Å². The lowest BCUT2D eigenvalue weighted by Crippen LogP contribution is -2.52. The van der Waals surface area contributed by atoms with Crippen LogP contribution < -0.4 is 5.73 Å². The summed E-state index contributed by atoms with van der Waals surface area (Å²) in [6, 6.07) is 8.18. The number of aromatic nitrogens is 1. The summed E-state index contributed by atoms with van der Waals surface area (Å²) < 4.78 is 9.82. The predicted octanol–water partition coefficient (Wildman–Crippen LogP) is 1.89. The van der Waals surface area contributed by atoms with Gasteiger partial charge in [0.15, 0.2) is 0 Å². The molecule has 0 spiro atoms. The van der Waals surface area contributed by atoms with E-state index in [1.807, 2.05) is 6.07 Å². The van der Waals surface area contributed by atoms with Gasteiger partial charge < -0.3 is 20.2 Å². The normalized spacial score (nSPS) is 22.2. The van der Waals surface area contributed by atoms with E-state index in [2.05, 4.69) is 39.0 Å². The van der Waals surface area contributed by atoms with Crippen LogP contribution in [0.15, 0.2) is 30.5 Å². The molecule has 3 rings (SSSR count). The van der Waals surface area contributed by atoms with Crippen LogP contribution in [0.3, 0.4) is 0 Å². The Balaban J connectivity index is 1.58. The summed E-state index contributed by atoms with van der Waals surface area (Å²) in [7, 11) is 1.31. The van der Waals surface area contributed by atoms with Gasteiger partial charge in [0.25, 0.3) is 0 Å². The second kappa shape index (κ2) is 7.02. The summed E-state index contributed by atoms with van der Waals surface area (Å²) in [5.74, 6) is 0. The summed E-state index contributed by atoms with van der Waals surface area (Å²) in [4.78, 5) is 16.9. The van der Waals surface area contributed by atoms with Gasteiger partial charge in [-0.2, -0.15) is 0 Å². The molecule has 1 saturated heterocycles. The molecular formula is C17H23N3O3. The highest BCUT2D eigenvalue weighted by Crippen LogP contribution is 2.19. The number of nitrogens with two attached hydrogens (primary N) is 1. The molecule has 0 saturated carbocycles. The third kappa shape index (κ3) is 3.65. The van der Waals surface area contributed by atoms with Crippen LogP contribution in [0, 0.1) is 0 Å². The fourth-order valence-electron chi connectivity index (χ4n) is 3.12. The molecule has 2 heterocycles. The molecule has 1 aliphatic rings. The second-order valence-electron chi connectivity index (χ2n) is 5.97. The number of aromatic amines is 1. The average molecular weight is 317 g/mol. The van der Waals surface area contributed by atoms with Gasteiger partial charge in [-0.1, -0.05) is 18.2 Å². The van der Waals surface area contributed by atoms with Gasteiger partial charge in [-0.3, -0.25) is 4.90 Å². The highest BCUT2D eigenvalue weighted by Gasteiger charge is 2.29. The number of nitrogens with one attached hydrogen (secondary N) is 1. The minimum Gasteiger partial charge on any atom is -0.438 e. The maximum Gasteiger partial charge on any atom is 0.508 e. The Hall–Kier alpha value is -2.05. The van der Waals surface area contributed by atoms with E-state index in [1.54, 1.807) is 0 Å². The third-order valence-corrected chi connectivity index (χ3v) is 4.48. The molecule has 1 aromatic carbocycles. The molecule has 23 heavy (non-hydrogen) atoms. The zero-order chi connectivity index (χ0) is 16.2. The number of para-hydroxylation sites is 1. The summed E-state index contributed by atoms with van der Waals surface area (Å²) in [6.45, 7) is 2.48. The number of carbonyl (C=O) groups excluding carboxylic acids is 1. The number of ether oxygens (including phenoxy) is 2. The number of methoxy groups -OCH3 is 1. The Labute approximate surface area is 135 Å². The van der Waals surface area contributed by atoms with Gasteiger partial charge in [-0.05, 0) is 31.0 Å². The van der Waals surface area contributed by atoms with Crippen LogP contribution in [0.2, 0.25) is 0 Å². The lowest BCUT2D eigenvalue weighted by molar-refractivity contribution is -0.00527. The Bertz CT molecular complexity index is 670. The van der Waals surface area contributed by atoms with E-state index in [0.29, 0.717) is 6.54 Å². The first-order valence-electron chi connectivity index (χ1n) is 7.95. The quantitative estimate of drug-likeness (QED) is 0.842. The topological polar surface area (TPSA) is 80.6 Å². The van der Waals surface area contributed by atoms with E-state index in [-0.39, 0.29) is 12.1 Å². The third-order valence-electron chi connectivity index (χ3n) is 4.48. The molecule has 2 aromatic rings. The fourth-order valence-corrected chi connectivity index (χ4v) is 3.12. The van der Waals surface area contributed by atoms with Crippen LogP contribution in [-0.2, 0) is 15.9 Å². The molecule has 3 N–H and O–H groups in total. The minimum atomic E-state index is -0.663. The average Bonchev–Trinajstić information content (AvgIpc) is 2.98. The van der Waals surface area contributed by atoms with E-state index < -0.39 is 6.16 Å². The fraction of sp³-hybridized carbons (Fsp3) is 0.471. The van der Waals surface area contributed by atoms with Crippen LogP contribution >= 0.6 is 0 Å². The molecule has 0 aliphatic carbocycles. The van der Waals surface area contributed by atoms with Crippen molar-refractivity contribution >= 4 is 17.1 Å². The molecule has 0 unspecified atom stereocenters. The number of H-pyrrole nitrogens is 1. The van der Waals surface area contributed by atoms with Crippen LogP contribution in [-0.4, -0.2) is 54.9 Å². The molecule has 6 nitrogen and oxygen atoms in total. The number of benzene rings is 1. The lowest BCUT2D eigenvalue weighted by Gasteiger charge is -2.35. The molecule has 1 aromatic heterocycles. The number of hydrogen-bond donors (Lipinski definition) is 2. The Kier molecular flexibility index (Phi) is 4.83. The number of rotatable bonds is 4. The monoisotopic (exact) mass is 317 g/mol. The van der Waals surface area contributed by atoms with Gasteiger partial charge in [0.1, 0.15) is 6.10 Å². The van der Waals surface area contributed by atoms with E-state index in [9.17, 15) is 4.79 Å². The van der Waals surface area contributed by atoms with Crippen molar-refractivity contribution in [1.82, 2.24) is 9.88 Å². The summed E-state index contributed by atoms with van der Waals surface area (Å²) >= 11 is 0.